The average Bonchev–Trinajstić information content (AvgIpc) is 2.70. The molecule has 0 bridgehead atoms. The first kappa shape index (κ1) is 9.43. The van der Waals surface area contributed by atoms with Gasteiger partial charge in [-0.3, -0.25) is 0 Å². The summed E-state index contributed by atoms with van der Waals surface area (Å²) in [6.45, 7) is 0. The lowest BCUT2D eigenvalue weighted by molar-refractivity contribution is 0.709. The van der Waals surface area contributed by atoms with Crippen LogP contribution in [0.1, 0.15) is 23.7 Å². The van der Waals surface area contributed by atoms with Gasteiger partial charge >= 0.3 is 0 Å². The van der Waals surface area contributed by atoms with Crippen LogP contribution in [0.15, 0.2) is 22.7 Å². The van der Waals surface area contributed by atoms with Crippen LogP contribution in [0.2, 0.25) is 0 Å². The van der Waals surface area contributed by atoms with E-state index in [1.54, 1.807) is 0 Å². The lowest BCUT2D eigenvalue weighted by Gasteiger charge is -2.03. The molecule has 15 heavy (non-hydrogen) atoms. The van der Waals surface area contributed by atoms with Crippen molar-refractivity contribution in [3.05, 3.63) is 33.9 Å². The van der Waals surface area contributed by atoms with Gasteiger partial charge in [-0.05, 0) is 30.5 Å². The normalized spacial score (nSPS) is 19.8. The summed E-state index contributed by atoms with van der Waals surface area (Å²) in [5.74, 6) is 0. The molecule has 1 aliphatic carbocycles. The van der Waals surface area contributed by atoms with E-state index in [0.29, 0.717) is 0 Å². The third kappa shape index (κ3) is 1.20. The summed E-state index contributed by atoms with van der Waals surface area (Å²) in [7, 11) is 2.13. The fraction of sp³-hybridized carbons (Fsp3) is 0.333. The number of nitrogens with two attached hydrogens (primary N) is 1. The predicted molar refractivity (Wildman–Crippen MR) is 65.9 cm³/mol. The molecule has 1 heterocycles. The first-order valence-electron chi connectivity index (χ1n) is 5.21. The molecule has 0 saturated heterocycles. The van der Waals surface area contributed by atoms with E-state index in [4.69, 9.17) is 5.73 Å². The molecule has 0 fully saturated rings. The first-order chi connectivity index (χ1) is 7.18. The van der Waals surface area contributed by atoms with Gasteiger partial charge in [0.1, 0.15) is 0 Å². The van der Waals surface area contributed by atoms with Gasteiger partial charge in [-0.15, -0.1) is 0 Å². The molecule has 0 spiro atoms. The van der Waals surface area contributed by atoms with Gasteiger partial charge in [-0.2, -0.15) is 0 Å². The molecule has 78 valence electrons. The summed E-state index contributed by atoms with van der Waals surface area (Å²) in [5.41, 5.74) is 10.2. The molecule has 0 radical (unpaired) electrons. The summed E-state index contributed by atoms with van der Waals surface area (Å²) in [6.07, 6.45) is 2.20. The molecule has 1 atom stereocenters. The van der Waals surface area contributed by atoms with Gasteiger partial charge in [0.15, 0.2) is 0 Å². The van der Waals surface area contributed by atoms with Crippen LogP contribution >= 0.6 is 15.9 Å². The van der Waals surface area contributed by atoms with Crippen LogP contribution in [0.25, 0.3) is 10.9 Å². The predicted octanol–water partition coefficient (Wildman–Crippen LogP) is 2.89. The van der Waals surface area contributed by atoms with Crippen molar-refractivity contribution in [1.29, 1.82) is 0 Å². The maximum atomic E-state index is 6.14. The number of aromatic nitrogens is 1. The van der Waals surface area contributed by atoms with Gasteiger partial charge in [0, 0.05) is 34.2 Å². The number of aryl methyl sites for hydroxylation is 1. The van der Waals surface area contributed by atoms with E-state index in [1.807, 2.05) is 0 Å². The quantitative estimate of drug-likeness (QED) is 0.780. The first-order valence-corrected chi connectivity index (χ1v) is 6.00. The zero-order valence-electron chi connectivity index (χ0n) is 8.63. The number of benzene rings is 1. The summed E-state index contributed by atoms with van der Waals surface area (Å²) in [5, 5.41) is 1.32. The minimum atomic E-state index is 0.227. The Bertz CT molecular complexity index is 542. The van der Waals surface area contributed by atoms with Gasteiger partial charge in [-0.1, -0.05) is 22.0 Å². The molecule has 2 aromatic rings. The minimum Gasteiger partial charge on any atom is -0.347 e. The summed E-state index contributed by atoms with van der Waals surface area (Å²) < 4.78 is 3.41. The van der Waals surface area contributed by atoms with Crippen LogP contribution in [0, 0.1) is 0 Å². The van der Waals surface area contributed by atoms with Gasteiger partial charge in [0.05, 0.1) is 0 Å². The monoisotopic (exact) mass is 264 g/mol. The highest BCUT2D eigenvalue weighted by Crippen LogP contribution is 2.38. The number of hydrogen-bond donors (Lipinski definition) is 1. The highest BCUT2D eigenvalue weighted by Gasteiger charge is 2.25. The van der Waals surface area contributed by atoms with Crippen molar-refractivity contribution in [2.45, 2.75) is 18.9 Å². The van der Waals surface area contributed by atoms with Crippen molar-refractivity contribution in [3.8, 4) is 0 Å². The molecule has 1 aromatic heterocycles. The van der Waals surface area contributed by atoms with Gasteiger partial charge < -0.3 is 10.3 Å². The third-order valence-corrected chi connectivity index (χ3v) is 3.88. The van der Waals surface area contributed by atoms with Crippen molar-refractivity contribution in [2.75, 3.05) is 0 Å². The van der Waals surface area contributed by atoms with Gasteiger partial charge in [-0.25, -0.2) is 0 Å². The second-order valence-corrected chi connectivity index (χ2v) is 5.14. The van der Waals surface area contributed by atoms with E-state index in [-0.39, 0.29) is 6.04 Å². The molecule has 1 aromatic carbocycles. The molecular formula is C12H13BrN2. The molecule has 0 amide bonds. The van der Waals surface area contributed by atoms with Crippen molar-refractivity contribution < 1.29 is 0 Å². The topological polar surface area (TPSA) is 30.9 Å². The van der Waals surface area contributed by atoms with E-state index in [9.17, 15) is 0 Å². The largest absolute Gasteiger partial charge is 0.347 e. The van der Waals surface area contributed by atoms with E-state index >= 15 is 0 Å². The summed E-state index contributed by atoms with van der Waals surface area (Å²) >= 11 is 3.51. The molecule has 0 aliphatic heterocycles. The zero-order chi connectivity index (χ0) is 10.6. The van der Waals surface area contributed by atoms with Crippen LogP contribution in [0.4, 0.5) is 0 Å². The Morgan fingerprint density at radius 3 is 3.07 bits per heavy atom. The zero-order valence-corrected chi connectivity index (χ0v) is 10.2. The maximum absolute atomic E-state index is 6.14. The summed E-state index contributed by atoms with van der Waals surface area (Å²) in [6, 6.07) is 6.65. The highest BCUT2D eigenvalue weighted by atomic mass is 79.9. The molecule has 1 aliphatic rings. The number of nitrogens with zero attached hydrogens (tertiary/aromatic N) is 1. The van der Waals surface area contributed by atoms with Crippen LogP contribution in [0.5, 0.6) is 0 Å². The number of hydrogen-bond acceptors (Lipinski definition) is 1. The van der Waals surface area contributed by atoms with Crippen LogP contribution in [-0.2, 0) is 13.5 Å². The van der Waals surface area contributed by atoms with Crippen molar-refractivity contribution in [1.82, 2.24) is 4.57 Å². The molecule has 1 unspecified atom stereocenters. The Hall–Kier alpha value is -0.800. The molecule has 3 heteroatoms. The summed E-state index contributed by atoms with van der Waals surface area (Å²) in [4.78, 5) is 0. The Morgan fingerprint density at radius 2 is 2.27 bits per heavy atom. The van der Waals surface area contributed by atoms with Crippen molar-refractivity contribution in [3.63, 3.8) is 0 Å². The van der Waals surface area contributed by atoms with Crippen molar-refractivity contribution in [2.24, 2.45) is 12.8 Å². The van der Waals surface area contributed by atoms with E-state index in [1.165, 1.54) is 22.2 Å². The third-order valence-electron chi connectivity index (χ3n) is 3.39. The minimum absolute atomic E-state index is 0.227. The van der Waals surface area contributed by atoms with E-state index in [0.717, 1.165) is 17.3 Å². The van der Waals surface area contributed by atoms with Gasteiger partial charge in [0.2, 0.25) is 0 Å². The van der Waals surface area contributed by atoms with Crippen molar-refractivity contribution >= 4 is 26.8 Å². The van der Waals surface area contributed by atoms with Crippen LogP contribution in [-0.4, -0.2) is 4.57 Å². The molecular weight excluding hydrogens is 252 g/mol. The number of rotatable bonds is 0. The average molecular weight is 265 g/mol. The number of fused-ring (bicyclic) bond motifs is 3. The lowest BCUT2D eigenvalue weighted by Crippen LogP contribution is -2.04. The fourth-order valence-electron chi connectivity index (χ4n) is 2.64. The standard InChI is InChI=1S/C12H13BrN2/c1-15-10-5-4-9(14)12(10)8-3-2-7(13)6-11(8)15/h2-3,6,9H,4-5,14H2,1H3. The smallest absolute Gasteiger partial charge is 0.0494 e. The molecule has 2 nitrogen and oxygen atoms in total. The SMILES string of the molecule is Cn1c2c(c3ccc(Br)cc31)C(N)CC2. The Kier molecular flexibility index (Phi) is 1.94. The Labute approximate surface area is 97.2 Å². The molecule has 0 saturated carbocycles. The van der Waals surface area contributed by atoms with E-state index in [2.05, 4.69) is 45.7 Å². The Morgan fingerprint density at radius 1 is 1.47 bits per heavy atom. The van der Waals surface area contributed by atoms with Crippen LogP contribution < -0.4 is 5.73 Å². The van der Waals surface area contributed by atoms with Gasteiger partial charge in [0.25, 0.3) is 0 Å². The Balaban J connectivity index is 2.43. The van der Waals surface area contributed by atoms with E-state index < -0.39 is 0 Å². The molecule has 2 N–H and O–H groups in total. The highest BCUT2D eigenvalue weighted by molar-refractivity contribution is 9.10. The molecule has 3 rings (SSSR count). The maximum Gasteiger partial charge on any atom is 0.0494 e. The number of halogens is 1. The van der Waals surface area contributed by atoms with Crippen LogP contribution in [0.3, 0.4) is 0 Å². The lowest BCUT2D eigenvalue weighted by atomic mass is 10.1. The second kappa shape index (κ2) is 3.09. The fourth-order valence-corrected chi connectivity index (χ4v) is 2.99. The second-order valence-electron chi connectivity index (χ2n) is 4.23.